The van der Waals surface area contributed by atoms with E-state index in [4.69, 9.17) is 11.6 Å². The Hall–Kier alpha value is -3.22. The summed E-state index contributed by atoms with van der Waals surface area (Å²) < 4.78 is 0. The summed E-state index contributed by atoms with van der Waals surface area (Å²) in [5.74, 6) is 0.271. The molecule has 0 saturated carbocycles. The zero-order valence-corrected chi connectivity index (χ0v) is 20.3. The van der Waals surface area contributed by atoms with Crippen molar-refractivity contribution in [1.29, 1.82) is 0 Å². The molecule has 1 fully saturated rings. The van der Waals surface area contributed by atoms with E-state index in [1.807, 2.05) is 83.8 Å². The van der Waals surface area contributed by atoms with Crippen molar-refractivity contribution < 1.29 is 9.59 Å². The lowest BCUT2D eigenvalue weighted by molar-refractivity contribution is -0.126. The number of amides is 2. The van der Waals surface area contributed by atoms with Gasteiger partial charge in [0.15, 0.2) is 0 Å². The summed E-state index contributed by atoms with van der Waals surface area (Å²) in [5, 5.41) is 3.49. The molecule has 1 N–H and O–H groups in total. The third-order valence-corrected chi connectivity index (χ3v) is 6.81. The van der Waals surface area contributed by atoms with E-state index < -0.39 is 0 Å². The highest BCUT2D eigenvalue weighted by Gasteiger charge is 2.21. The van der Waals surface area contributed by atoms with Crippen molar-refractivity contribution in [1.82, 2.24) is 4.90 Å². The first-order valence-electron chi connectivity index (χ1n) is 11.1. The van der Waals surface area contributed by atoms with Crippen LogP contribution in [0.4, 0.5) is 11.4 Å². The van der Waals surface area contributed by atoms with Gasteiger partial charge in [-0.05, 0) is 42.0 Å². The molecule has 0 aliphatic carbocycles. The van der Waals surface area contributed by atoms with Gasteiger partial charge in [-0.25, -0.2) is 0 Å². The molecule has 0 unspecified atom stereocenters. The number of carbonyl (C=O) groups is 2. The van der Waals surface area contributed by atoms with E-state index in [9.17, 15) is 9.59 Å². The van der Waals surface area contributed by atoms with Crippen LogP contribution in [0.1, 0.15) is 5.56 Å². The van der Waals surface area contributed by atoms with Gasteiger partial charge in [0.2, 0.25) is 11.8 Å². The van der Waals surface area contributed by atoms with Crippen LogP contribution in [0.2, 0.25) is 5.02 Å². The molecule has 1 aliphatic rings. The van der Waals surface area contributed by atoms with Crippen molar-refractivity contribution in [2.24, 2.45) is 0 Å². The van der Waals surface area contributed by atoms with Crippen LogP contribution in [0.5, 0.6) is 0 Å². The molecule has 0 atom stereocenters. The Morgan fingerprint density at radius 3 is 2.26 bits per heavy atom. The zero-order valence-electron chi connectivity index (χ0n) is 18.7. The van der Waals surface area contributed by atoms with Crippen molar-refractivity contribution in [2.75, 3.05) is 42.1 Å². The third kappa shape index (κ3) is 6.65. The van der Waals surface area contributed by atoms with Crippen LogP contribution in [0.3, 0.4) is 0 Å². The van der Waals surface area contributed by atoms with E-state index >= 15 is 0 Å². The second-order valence-electron chi connectivity index (χ2n) is 7.87. The normalized spacial score (nSPS) is 13.8. The van der Waals surface area contributed by atoms with Crippen LogP contribution in [-0.4, -0.2) is 48.6 Å². The van der Waals surface area contributed by atoms with E-state index in [1.165, 1.54) is 11.8 Å². The van der Waals surface area contributed by atoms with Crippen LogP contribution in [0, 0.1) is 0 Å². The van der Waals surface area contributed by atoms with Crippen molar-refractivity contribution in [3.63, 3.8) is 0 Å². The van der Waals surface area contributed by atoms with Crippen molar-refractivity contribution in [3.8, 4) is 0 Å². The molecule has 7 heteroatoms. The molecular weight excluding hydrogens is 466 g/mol. The van der Waals surface area contributed by atoms with Gasteiger partial charge in [0.1, 0.15) is 0 Å². The quantitative estimate of drug-likeness (QED) is 0.353. The Bertz CT molecular complexity index is 1150. The summed E-state index contributed by atoms with van der Waals surface area (Å²) >= 11 is 8.04. The predicted octanol–water partition coefficient (Wildman–Crippen LogP) is 5.43. The predicted molar refractivity (Wildman–Crippen MR) is 142 cm³/mol. The number of benzene rings is 3. The molecule has 3 aromatic carbocycles. The highest BCUT2D eigenvalue weighted by Crippen LogP contribution is 2.30. The minimum atomic E-state index is -0.0756. The number of halogens is 1. The average molecular weight is 492 g/mol. The smallest absolute Gasteiger partial charge is 0.246 e. The topological polar surface area (TPSA) is 52.7 Å². The summed E-state index contributed by atoms with van der Waals surface area (Å²) in [7, 11) is 0. The molecule has 0 aromatic heterocycles. The fourth-order valence-corrected chi connectivity index (χ4v) is 4.73. The third-order valence-electron chi connectivity index (χ3n) is 5.49. The maximum Gasteiger partial charge on any atom is 0.246 e. The standard InChI is InChI=1S/C27H26ClN3O2S/c28-24-19-22(29-26(32)20-34-23-9-5-2-6-10-23)12-13-25(24)30-15-17-31(18-16-30)27(33)14-11-21-7-3-1-4-8-21/h1-14,19H,15-18,20H2,(H,29,32). The molecule has 174 valence electrons. The van der Waals surface area contributed by atoms with E-state index in [1.54, 1.807) is 12.1 Å². The van der Waals surface area contributed by atoms with E-state index in [0.717, 1.165) is 16.1 Å². The first kappa shape index (κ1) is 23.9. The summed E-state index contributed by atoms with van der Waals surface area (Å²) in [6.45, 7) is 2.65. The summed E-state index contributed by atoms with van der Waals surface area (Å²) in [4.78, 5) is 29.9. The van der Waals surface area contributed by atoms with Crippen molar-refractivity contribution in [2.45, 2.75) is 4.90 Å². The van der Waals surface area contributed by atoms with Gasteiger partial charge < -0.3 is 15.1 Å². The van der Waals surface area contributed by atoms with Crippen LogP contribution in [-0.2, 0) is 9.59 Å². The maximum absolute atomic E-state index is 12.5. The van der Waals surface area contributed by atoms with E-state index in [-0.39, 0.29) is 11.8 Å². The van der Waals surface area contributed by atoms with Crippen LogP contribution < -0.4 is 10.2 Å². The monoisotopic (exact) mass is 491 g/mol. The number of carbonyl (C=O) groups excluding carboxylic acids is 2. The van der Waals surface area contributed by atoms with E-state index in [2.05, 4.69) is 10.2 Å². The number of piperazine rings is 1. The molecule has 1 saturated heterocycles. The van der Waals surface area contributed by atoms with Crippen LogP contribution in [0.25, 0.3) is 6.08 Å². The molecule has 3 aromatic rings. The summed E-state index contributed by atoms with van der Waals surface area (Å²) in [6.07, 6.45) is 3.47. The lowest BCUT2D eigenvalue weighted by Crippen LogP contribution is -2.48. The Kier molecular flexibility index (Phi) is 8.28. The van der Waals surface area contributed by atoms with Gasteiger partial charge >= 0.3 is 0 Å². The average Bonchev–Trinajstić information content (AvgIpc) is 2.87. The number of nitrogens with zero attached hydrogens (tertiary/aromatic N) is 2. The zero-order chi connectivity index (χ0) is 23.8. The van der Waals surface area contributed by atoms with Crippen LogP contribution >= 0.6 is 23.4 Å². The molecule has 1 aliphatic heterocycles. The fraction of sp³-hybridized carbons (Fsp3) is 0.185. The number of hydrogen-bond acceptors (Lipinski definition) is 4. The first-order chi connectivity index (χ1) is 16.6. The maximum atomic E-state index is 12.5. The summed E-state index contributed by atoms with van der Waals surface area (Å²) in [5.41, 5.74) is 2.59. The first-order valence-corrected chi connectivity index (χ1v) is 12.5. The molecule has 0 bridgehead atoms. The molecule has 1 heterocycles. The van der Waals surface area contributed by atoms with Crippen LogP contribution in [0.15, 0.2) is 89.8 Å². The van der Waals surface area contributed by atoms with Gasteiger partial charge in [0.05, 0.1) is 16.5 Å². The van der Waals surface area contributed by atoms with Gasteiger partial charge in [-0.3, -0.25) is 9.59 Å². The minimum absolute atomic E-state index is 0.0148. The SMILES string of the molecule is O=C(CSc1ccccc1)Nc1ccc(N2CCN(C(=O)C=Cc3ccccc3)CC2)c(Cl)c1. The molecular formula is C27H26ClN3O2S. The number of anilines is 2. The van der Waals surface area contributed by atoms with E-state index in [0.29, 0.717) is 42.6 Å². The minimum Gasteiger partial charge on any atom is -0.367 e. The second kappa shape index (κ2) is 11.8. The summed E-state index contributed by atoms with van der Waals surface area (Å²) in [6, 6.07) is 25.2. The highest BCUT2D eigenvalue weighted by molar-refractivity contribution is 8.00. The van der Waals surface area contributed by atoms with Gasteiger partial charge in [-0.15, -0.1) is 11.8 Å². The lowest BCUT2D eigenvalue weighted by Gasteiger charge is -2.36. The van der Waals surface area contributed by atoms with Crippen molar-refractivity contribution in [3.05, 3.63) is 95.5 Å². The van der Waals surface area contributed by atoms with Gasteiger partial charge in [0, 0.05) is 42.8 Å². The molecule has 0 radical (unpaired) electrons. The Morgan fingerprint density at radius 1 is 0.912 bits per heavy atom. The Morgan fingerprint density at radius 2 is 1.59 bits per heavy atom. The lowest BCUT2D eigenvalue weighted by atomic mass is 10.2. The Labute approximate surface area is 209 Å². The largest absolute Gasteiger partial charge is 0.367 e. The molecule has 2 amide bonds. The second-order valence-corrected chi connectivity index (χ2v) is 9.33. The molecule has 5 nitrogen and oxygen atoms in total. The fourth-order valence-electron chi connectivity index (χ4n) is 3.71. The van der Waals surface area contributed by atoms with Gasteiger partial charge in [-0.2, -0.15) is 0 Å². The molecule has 4 rings (SSSR count). The number of rotatable bonds is 7. The Balaban J connectivity index is 1.27. The number of hydrogen-bond donors (Lipinski definition) is 1. The van der Waals surface area contributed by atoms with Crippen molar-refractivity contribution >= 4 is 52.6 Å². The van der Waals surface area contributed by atoms with Gasteiger partial charge in [-0.1, -0.05) is 60.1 Å². The highest BCUT2D eigenvalue weighted by atomic mass is 35.5. The van der Waals surface area contributed by atoms with Gasteiger partial charge in [0.25, 0.3) is 0 Å². The number of thioether (sulfide) groups is 1. The number of nitrogens with one attached hydrogen (secondary N) is 1. The molecule has 0 spiro atoms. The molecule has 34 heavy (non-hydrogen) atoms.